The van der Waals surface area contributed by atoms with Crippen LogP contribution in [0.2, 0.25) is 0 Å². The van der Waals surface area contributed by atoms with Crippen molar-refractivity contribution in [3.8, 4) is 0 Å². The van der Waals surface area contributed by atoms with E-state index in [1.54, 1.807) is 0 Å². The Bertz CT molecular complexity index is 439. The van der Waals surface area contributed by atoms with Gasteiger partial charge in [-0.05, 0) is 69.6 Å². The molecule has 0 spiro atoms. The molecule has 0 amide bonds. The number of rotatable bonds is 2. The zero-order valence-corrected chi connectivity index (χ0v) is 14.2. The third kappa shape index (κ3) is 2.42. The monoisotopic (exact) mass is 278 g/mol. The molecule has 0 radical (unpaired) electrons. The van der Waals surface area contributed by atoms with Crippen molar-refractivity contribution in [2.75, 3.05) is 0 Å². The molecule has 1 unspecified atom stereocenters. The van der Waals surface area contributed by atoms with E-state index in [1.807, 2.05) is 27.7 Å². The summed E-state index contributed by atoms with van der Waals surface area (Å²) in [5, 5.41) is 0. The van der Waals surface area contributed by atoms with Crippen LogP contribution in [0.3, 0.4) is 0 Å². The first-order valence-electron chi connectivity index (χ1n) is 7.89. The summed E-state index contributed by atoms with van der Waals surface area (Å²) >= 11 is 0. The molecule has 114 valence electrons. The summed E-state index contributed by atoms with van der Waals surface area (Å²) in [5.74, 6) is 1.16. The van der Waals surface area contributed by atoms with Crippen LogP contribution >= 0.6 is 0 Å². The first kappa shape index (κ1) is 15.6. The molecule has 0 saturated heterocycles. The average molecular weight is 278 g/mol. The lowest BCUT2D eigenvalue weighted by atomic mass is 9.66. The third-order valence-electron chi connectivity index (χ3n) is 6.03. The van der Waals surface area contributed by atoms with Crippen LogP contribution in [0.15, 0.2) is 11.6 Å². The van der Waals surface area contributed by atoms with Crippen molar-refractivity contribution in [3.05, 3.63) is 11.6 Å². The van der Waals surface area contributed by atoms with E-state index in [1.165, 1.54) is 19.3 Å². The van der Waals surface area contributed by atoms with Gasteiger partial charge >= 0.3 is 5.97 Å². The van der Waals surface area contributed by atoms with Gasteiger partial charge in [-0.3, -0.25) is 0 Å². The number of carbonyl (C=O) groups excluding carboxylic acids is 1. The minimum absolute atomic E-state index is 0.165. The van der Waals surface area contributed by atoms with Gasteiger partial charge in [0.2, 0.25) is 0 Å². The molecule has 0 aromatic rings. The third-order valence-corrected chi connectivity index (χ3v) is 6.03. The Balaban J connectivity index is 2.15. The van der Waals surface area contributed by atoms with Gasteiger partial charge in [0, 0.05) is 5.57 Å². The summed E-state index contributed by atoms with van der Waals surface area (Å²) in [6.07, 6.45) is 6.05. The molecular formula is C18H30O2. The molecule has 0 N–H and O–H groups in total. The molecule has 2 aliphatic rings. The fourth-order valence-corrected chi connectivity index (χ4v) is 4.25. The molecule has 0 aromatic carbocycles. The predicted molar refractivity (Wildman–Crippen MR) is 82.3 cm³/mol. The van der Waals surface area contributed by atoms with Crippen LogP contribution in [-0.4, -0.2) is 11.6 Å². The van der Waals surface area contributed by atoms with E-state index in [0.717, 1.165) is 11.5 Å². The molecular weight excluding hydrogens is 248 g/mol. The quantitative estimate of drug-likeness (QED) is 0.539. The number of fused-ring (bicyclic) bond motifs is 2. The standard InChI is InChI=1S/C18H30O2/c1-12(15(19)20-16(2,3)4)10-14-11-13-8-9-18(14,7)17(13,5)6/h10,13-14H,8-9,11H2,1-7H3/t13-,14?,18-/m1/s1. The van der Waals surface area contributed by atoms with E-state index in [2.05, 4.69) is 26.8 Å². The summed E-state index contributed by atoms with van der Waals surface area (Å²) in [6, 6.07) is 0. The minimum atomic E-state index is -0.413. The Morgan fingerprint density at radius 2 is 1.85 bits per heavy atom. The molecule has 2 bridgehead atoms. The number of allylic oxidation sites excluding steroid dienone is 1. The van der Waals surface area contributed by atoms with Gasteiger partial charge in [-0.15, -0.1) is 0 Å². The predicted octanol–water partition coefficient (Wildman–Crippen LogP) is 4.74. The van der Waals surface area contributed by atoms with Crippen LogP contribution < -0.4 is 0 Å². The first-order chi connectivity index (χ1) is 8.97. The lowest BCUT2D eigenvalue weighted by Crippen LogP contribution is -2.32. The van der Waals surface area contributed by atoms with E-state index < -0.39 is 5.60 Å². The molecule has 20 heavy (non-hydrogen) atoms. The second-order valence-electron chi connectivity index (χ2n) is 8.57. The van der Waals surface area contributed by atoms with E-state index in [-0.39, 0.29) is 5.97 Å². The lowest BCUT2D eigenvalue weighted by molar-refractivity contribution is -0.149. The van der Waals surface area contributed by atoms with Crippen LogP contribution in [0, 0.1) is 22.7 Å². The smallest absolute Gasteiger partial charge is 0.333 e. The highest BCUT2D eigenvalue weighted by Crippen LogP contribution is 2.68. The van der Waals surface area contributed by atoms with Crippen molar-refractivity contribution in [1.82, 2.24) is 0 Å². The van der Waals surface area contributed by atoms with Crippen LogP contribution in [0.1, 0.15) is 67.7 Å². The van der Waals surface area contributed by atoms with Crippen molar-refractivity contribution in [1.29, 1.82) is 0 Å². The van der Waals surface area contributed by atoms with E-state index in [4.69, 9.17) is 4.74 Å². The van der Waals surface area contributed by atoms with Crippen molar-refractivity contribution in [3.63, 3.8) is 0 Å². The maximum atomic E-state index is 12.1. The minimum Gasteiger partial charge on any atom is -0.457 e. The molecule has 0 aliphatic heterocycles. The van der Waals surface area contributed by atoms with Gasteiger partial charge in [0.25, 0.3) is 0 Å². The second kappa shape index (κ2) is 4.61. The lowest BCUT2D eigenvalue weighted by Gasteiger charge is -2.38. The summed E-state index contributed by atoms with van der Waals surface area (Å²) < 4.78 is 5.47. The van der Waals surface area contributed by atoms with Gasteiger partial charge in [0.1, 0.15) is 5.60 Å². The number of ether oxygens (including phenoxy) is 1. The Hall–Kier alpha value is -0.790. The molecule has 2 nitrogen and oxygen atoms in total. The highest BCUT2D eigenvalue weighted by atomic mass is 16.6. The van der Waals surface area contributed by atoms with Crippen molar-refractivity contribution < 1.29 is 9.53 Å². The summed E-state index contributed by atoms with van der Waals surface area (Å²) in [5.41, 5.74) is 1.09. The highest BCUT2D eigenvalue weighted by molar-refractivity contribution is 5.88. The van der Waals surface area contributed by atoms with Gasteiger partial charge in [0.05, 0.1) is 0 Å². The summed E-state index contributed by atoms with van der Waals surface area (Å²) in [6.45, 7) is 14.9. The Kier molecular flexibility index (Phi) is 3.59. The van der Waals surface area contributed by atoms with Crippen LogP contribution in [-0.2, 0) is 9.53 Å². The zero-order valence-electron chi connectivity index (χ0n) is 14.2. The summed E-state index contributed by atoms with van der Waals surface area (Å²) in [4.78, 5) is 12.1. The number of carbonyl (C=O) groups is 1. The van der Waals surface area contributed by atoms with Gasteiger partial charge in [-0.25, -0.2) is 4.79 Å². The van der Waals surface area contributed by atoms with Crippen molar-refractivity contribution in [2.24, 2.45) is 22.7 Å². The van der Waals surface area contributed by atoms with Gasteiger partial charge in [-0.1, -0.05) is 26.8 Å². The SMILES string of the molecule is CC(=CC1C[C@H]2CC[C@@]1(C)C2(C)C)C(=O)OC(C)(C)C. The number of esters is 1. The maximum absolute atomic E-state index is 12.1. The molecule has 2 aliphatic carbocycles. The molecule has 2 rings (SSSR count). The molecule has 0 heterocycles. The van der Waals surface area contributed by atoms with Gasteiger partial charge in [0.15, 0.2) is 0 Å². The Morgan fingerprint density at radius 1 is 1.25 bits per heavy atom. The fourth-order valence-electron chi connectivity index (χ4n) is 4.25. The van der Waals surface area contributed by atoms with Crippen LogP contribution in [0.4, 0.5) is 0 Å². The summed E-state index contributed by atoms with van der Waals surface area (Å²) in [7, 11) is 0. The van der Waals surface area contributed by atoms with E-state index in [0.29, 0.717) is 16.7 Å². The van der Waals surface area contributed by atoms with Crippen molar-refractivity contribution >= 4 is 5.97 Å². The maximum Gasteiger partial charge on any atom is 0.333 e. The van der Waals surface area contributed by atoms with Gasteiger partial charge < -0.3 is 4.74 Å². The fraction of sp³-hybridized carbons (Fsp3) is 0.833. The average Bonchev–Trinajstić information content (AvgIpc) is 2.59. The highest BCUT2D eigenvalue weighted by Gasteiger charge is 2.60. The normalized spacial score (nSPS) is 36.2. The Morgan fingerprint density at radius 3 is 2.25 bits per heavy atom. The Labute approximate surface area is 124 Å². The van der Waals surface area contributed by atoms with Gasteiger partial charge in [-0.2, -0.15) is 0 Å². The largest absolute Gasteiger partial charge is 0.457 e. The molecule has 2 fully saturated rings. The van der Waals surface area contributed by atoms with Crippen LogP contribution in [0.25, 0.3) is 0 Å². The topological polar surface area (TPSA) is 26.3 Å². The van der Waals surface area contributed by atoms with Crippen molar-refractivity contribution in [2.45, 2.75) is 73.3 Å². The number of hydrogen-bond acceptors (Lipinski definition) is 2. The molecule has 3 atom stereocenters. The first-order valence-corrected chi connectivity index (χ1v) is 7.89. The van der Waals surface area contributed by atoms with E-state index >= 15 is 0 Å². The zero-order chi connectivity index (χ0) is 15.3. The number of hydrogen-bond donors (Lipinski definition) is 0. The van der Waals surface area contributed by atoms with E-state index in [9.17, 15) is 4.79 Å². The molecule has 0 aromatic heterocycles. The molecule has 2 heteroatoms. The van der Waals surface area contributed by atoms with Crippen LogP contribution in [0.5, 0.6) is 0 Å². The molecule has 2 saturated carbocycles. The second-order valence-corrected chi connectivity index (χ2v) is 8.57.